The van der Waals surface area contributed by atoms with Crippen molar-refractivity contribution in [3.63, 3.8) is 0 Å². The van der Waals surface area contributed by atoms with Crippen LogP contribution in [0.4, 0.5) is 4.79 Å². The normalized spacial score (nSPS) is 45.2. The van der Waals surface area contributed by atoms with Gasteiger partial charge in [0.2, 0.25) is 0 Å². The van der Waals surface area contributed by atoms with Crippen molar-refractivity contribution in [3.05, 3.63) is 0 Å². The molecule has 4 bridgehead atoms. The van der Waals surface area contributed by atoms with Crippen LogP contribution in [0.15, 0.2) is 0 Å². The molecule has 18 heavy (non-hydrogen) atoms. The Morgan fingerprint density at radius 1 is 1.28 bits per heavy atom. The van der Waals surface area contributed by atoms with E-state index in [0.29, 0.717) is 11.8 Å². The van der Waals surface area contributed by atoms with Gasteiger partial charge >= 0.3 is 6.09 Å². The molecule has 2 N–H and O–H groups in total. The zero-order valence-corrected chi connectivity index (χ0v) is 11.6. The van der Waals surface area contributed by atoms with Crippen molar-refractivity contribution < 1.29 is 14.3 Å². The molecule has 4 aliphatic rings. The highest BCUT2D eigenvalue weighted by Gasteiger charge is 2.60. The van der Waals surface area contributed by atoms with E-state index in [1.165, 1.54) is 6.42 Å². The summed E-state index contributed by atoms with van der Waals surface area (Å²) in [5.74, 6) is 2.02. The van der Waals surface area contributed by atoms with Crippen LogP contribution in [0.3, 0.4) is 0 Å². The van der Waals surface area contributed by atoms with Crippen LogP contribution in [-0.4, -0.2) is 29.5 Å². The molecule has 0 saturated heterocycles. The number of carbonyl (C=O) groups excluding carboxylic acids is 1. The Morgan fingerprint density at radius 2 is 1.89 bits per heavy atom. The van der Waals surface area contributed by atoms with Gasteiger partial charge in [0.1, 0.15) is 5.60 Å². The van der Waals surface area contributed by atoms with E-state index in [-0.39, 0.29) is 11.2 Å². The van der Waals surface area contributed by atoms with E-state index in [1.54, 1.807) is 11.8 Å². The molecule has 0 spiro atoms. The smallest absolute Gasteiger partial charge is 0.405 e. The molecule has 0 radical (unpaired) electrons. The van der Waals surface area contributed by atoms with Crippen molar-refractivity contribution in [1.29, 1.82) is 0 Å². The van der Waals surface area contributed by atoms with Crippen molar-refractivity contribution in [2.45, 2.75) is 49.7 Å². The van der Waals surface area contributed by atoms with E-state index in [4.69, 9.17) is 15.2 Å². The van der Waals surface area contributed by atoms with Gasteiger partial charge in [0.15, 0.2) is 0 Å². The van der Waals surface area contributed by atoms with Gasteiger partial charge in [-0.05, 0) is 50.2 Å². The van der Waals surface area contributed by atoms with E-state index in [1.807, 2.05) is 0 Å². The van der Waals surface area contributed by atoms with Crippen molar-refractivity contribution in [2.75, 3.05) is 12.2 Å². The molecule has 4 fully saturated rings. The minimum absolute atomic E-state index is 0.0530. The topological polar surface area (TPSA) is 61.6 Å². The summed E-state index contributed by atoms with van der Waals surface area (Å²) >= 11 is 1.71. The van der Waals surface area contributed by atoms with Gasteiger partial charge in [0, 0.05) is 6.42 Å². The summed E-state index contributed by atoms with van der Waals surface area (Å²) < 4.78 is 11.6. The van der Waals surface area contributed by atoms with Crippen molar-refractivity contribution in [3.8, 4) is 0 Å². The van der Waals surface area contributed by atoms with Gasteiger partial charge in [-0.25, -0.2) is 4.79 Å². The lowest BCUT2D eigenvalue weighted by Crippen LogP contribution is -2.61. The maximum absolute atomic E-state index is 11.2. The van der Waals surface area contributed by atoms with Gasteiger partial charge in [0.05, 0.1) is 11.5 Å². The summed E-state index contributed by atoms with van der Waals surface area (Å²) in [6.45, 7) is 0. The Kier molecular flexibility index (Phi) is 3.01. The van der Waals surface area contributed by atoms with Gasteiger partial charge in [-0.15, -0.1) is 11.8 Å². The number of nitrogens with two attached hydrogens (primary N) is 1. The molecule has 0 aromatic carbocycles. The lowest BCUT2D eigenvalue weighted by Gasteiger charge is -2.60. The van der Waals surface area contributed by atoms with Gasteiger partial charge in [-0.2, -0.15) is 0 Å². The molecule has 5 heteroatoms. The molecular weight excluding hydrogens is 250 g/mol. The Bertz CT molecular complexity index is 346. The molecule has 4 aliphatic carbocycles. The fourth-order valence-electron chi connectivity index (χ4n) is 4.78. The van der Waals surface area contributed by atoms with E-state index in [0.717, 1.165) is 38.0 Å². The number of ether oxygens (including phenoxy) is 2. The maximum atomic E-state index is 11.2. The van der Waals surface area contributed by atoms with E-state index < -0.39 is 6.09 Å². The number of rotatable bonds is 4. The van der Waals surface area contributed by atoms with Crippen molar-refractivity contribution in [1.82, 2.24) is 0 Å². The van der Waals surface area contributed by atoms with Crippen LogP contribution >= 0.6 is 11.8 Å². The number of primary amides is 1. The van der Waals surface area contributed by atoms with E-state index in [2.05, 4.69) is 6.26 Å². The third kappa shape index (κ3) is 2.11. The van der Waals surface area contributed by atoms with Crippen LogP contribution in [0.1, 0.15) is 38.5 Å². The summed E-state index contributed by atoms with van der Waals surface area (Å²) in [5.41, 5.74) is 4.87. The molecule has 0 heterocycles. The second-order valence-electron chi connectivity index (χ2n) is 6.30. The number of carbonyl (C=O) groups is 1. The number of thioether (sulfide) groups is 1. The summed E-state index contributed by atoms with van der Waals surface area (Å²) in [6.07, 6.45) is 7.77. The van der Waals surface area contributed by atoms with E-state index in [9.17, 15) is 4.79 Å². The maximum Gasteiger partial charge on any atom is 0.405 e. The minimum Gasteiger partial charge on any atom is -0.443 e. The van der Waals surface area contributed by atoms with Crippen LogP contribution in [0.5, 0.6) is 0 Å². The SMILES string of the molecule is CSCOC12CC3CC(C1)CC(OC(N)=O)(C3)C2. The first-order valence-electron chi connectivity index (χ1n) is 6.66. The van der Waals surface area contributed by atoms with Crippen LogP contribution < -0.4 is 5.73 Å². The summed E-state index contributed by atoms with van der Waals surface area (Å²) in [4.78, 5) is 11.2. The molecular formula is C13H21NO3S. The second kappa shape index (κ2) is 4.30. The quantitative estimate of drug-likeness (QED) is 0.798. The lowest BCUT2D eigenvalue weighted by atomic mass is 9.52. The number of hydrogen-bond acceptors (Lipinski definition) is 4. The number of amides is 1. The predicted molar refractivity (Wildman–Crippen MR) is 70.3 cm³/mol. The molecule has 1 amide bonds. The highest BCUT2D eigenvalue weighted by atomic mass is 32.2. The Balaban J connectivity index is 1.81. The molecule has 4 nitrogen and oxygen atoms in total. The molecule has 4 saturated carbocycles. The molecule has 2 atom stereocenters. The zero-order valence-electron chi connectivity index (χ0n) is 10.8. The molecule has 0 aliphatic heterocycles. The fourth-order valence-corrected chi connectivity index (χ4v) is 5.15. The Labute approximate surface area is 112 Å². The monoisotopic (exact) mass is 271 g/mol. The largest absolute Gasteiger partial charge is 0.443 e. The molecule has 4 rings (SSSR count). The minimum atomic E-state index is -0.628. The summed E-state index contributed by atoms with van der Waals surface area (Å²) in [7, 11) is 0. The fraction of sp³-hybridized carbons (Fsp3) is 0.923. The van der Waals surface area contributed by atoms with Crippen LogP contribution in [0.25, 0.3) is 0 Å². The van der Waals surface area contributed by atoms with Crippen molar-refractivity contribution in [2.24, 2.45) is 17.6 Å². The van der Waals surface area contributed by atoms with Gasteiger partial charge in [-0.3, -0.25) is 0 Å². The summed E-state index contributed by atoms with van der Waals surface area (Å²) in [6, 6.07) is 0. The average Bonchev–Trinajstić information content (AvgIpc) is 2.22. The molecule has 102 valence electrons. The van der Waals surface area contributed by atoms with Crippen LogP contribution in [0.2, 0.25) is 0 Å². The van der Waals surface area contributed by atoms with Gasteiger partial charge in [-0.1, -0.05) is 0 Å². The van der Waals surface area contributed by atoms with Crippen molar-refractivity contribution >= 4 is 17.9 Å². The Morgan fingerprint density at radius 3 is 2.44 bits per heavy atom. The standard InChI is InChI=1S/C13H21NO3S/c1-18-8-16-12-3-9-2-10(4-12)6-13(5-9,7-12)17-11(14)15/h9-10H,2-8H2,1H3,(H2,14,15). The van der Waals surface area contributed by atoms with Gasteiger partial charge < -0.3 is 15.2 Å². The third-order valence-corrected chi connectivity index (χ3v) is 5.11. The lowest BCUT2D eigenvalue weighted by molar-refractivity contribution is -0.211. The van der Waals surface area contributed by atoms with Crippen LogP contribution in [-0.2, 0) is 9.47 Å². The first-order chi connectivity index (χ1) is 8.55. The molecule has 0 aromatic heterocycles. The highest BCUT2D eigenvalue weighted by Crippen LogP contribution is 2.60. The van der Waals surface area contributed by atoms with Crippen LogP contribution in [0, 0.1) is 11.8 Å². The average molecular weight is 271 g/mol. The first-order valence-corrected chi connectivity index (χ1v) is 8.06. The molecule has 2 unspecified atom stereocenters. The van der Waals surface area contributed by atoms with Gasteiger partial charge in [0.25, 0.3) is 0 Å². The third-order valence-electron chi connectivity index (χ3n) is 4.75. The number of hydrogen-bond donors (Lipinski definition) is 1. The second-order valence-corrected chi connectivity index (χ2v) is 7.11. The summed E-state index contributed by atoms with van der Waals surface area (Å²) in [5, 5.41) is 0. The first kappa shape index (κ1) is 12.6. The highest BCUT2D eigenvalue weighted by molar-refractivity contribution is 7.98. The molecule has 0 aromatic rings. The zero-order chi connectivity index (χ0) is 12.8. The predicted octanol–water partition coefficient (Wildman–Crippen LogP) is 2.51. The Hall–Kier alpha value is -0.420. The van der Waals surface area contributed by atoms with E-state index >= 15 is 0 Å².